The van der Waals surface area contributed by atoms with E-state index in [1.54, 1.807) is 45.0 Å². The zero-order chi connectivity index (χ0) is 31.4. The number of carbonyl (C=O) groups is 1. The van der Waals surface area contributed by atoms with Crippen molar-refractivity contribution in [3.63, 3.8) is 0 Å². The van der Waals surface area contributed by atoms with Crippen molar-refractivity contribution in [3.05, 3.63) is 84.4 Å². The Morgan fingerprint density at radius 1 is 1.00 bits per heavy atom. The minimum Gasteiger partial charge on any atom is -0.443 e. The average molecular weight is 623 g/mol. The molecular formula is C31H37F3N2O6S. The first-order valence-electron chi connectivity index (χ1n) is 13.8. The van der Waals surface area contributed by atoms with Crippen LogP contribution >= 0.6 is 11.8 Å². The lowest BCUT2D eigenvalue weighted by molar-refractivity contribution is -0.325. The van der Waals surface area contributed by atoms with Crippen LogP contribution in [0.2, 0.25) is 0 Å². The number of rotatable bonds is 9. The first-order valence-corrected chi connectivity index (χ1v) is 14.7. The Labute approximate surface area is 253 Å². The van der Waals surface area contributed by atoms with Gasteiger partial charge in [0.05, 0.1) is 13.2 Å². The average Bonchev–Trinajstić information content (AvgIpc) is 3.36. The fourth-order valence-electron chi connectivity index (χ4n) is 4.65. The third kappa shape index (κ3) is 7.98. The summed E-state index contributed by atoms with van der Waals surface area (Å²) in [5, 5.41) is 11.1. The van der Waals surface area contributed by atoms with E-state index in [1.165, 1.54) is 11.0 Å². The zero-order valence-corrected chi connectivity index (χ0v) is 25.3. The maximum atomic E-state index is 14.3. The zero-order valence-electron chi connectivity index (χ0n) is 24.5. The quantitative estimate of drug-likeness (QED) is 0.339. The summed E-state index contributed by atoms with van der Waals surface area (Å²) in [6.07, 6.45) is -8.62. The summed E-state index contributed by atoms with van der Waals surface area (Å²) in [5.41, 5.74) is -3.64. The number of hydrogen-bond acceptors (Lipinski definition) is 8. The number of fused-ring (bicyclic) bond motifs is 1. The van der Waals surface area contributed by atoms with Gasteiger partial charge in [-0.05, 0) is 38.8 Å². The normalized spacial score (nSPS) is 25.3. The standard InChI is InChI=1S/C31H37F3N2O6S/c1-6-17-36(28(37)42-29(2,3)4)27-35-22-23(39-18-20-13-9-7-10-14-20)24(40-19-21-15-11-8-12-16-21)25(41-26(22)43-27)30(5,38)31(32,33)34/h6-16,22-26,38H,1,17-19H2,2-5H3/t22-,23-,24+,25+,26-,30?/m1/s1. The molecule has 0 aromatic heterocycles. The molecule has 6 atom stereocenters. The van der Waals surface area contributed by atoms with Gasteiger partial charge in [-0.1, -0.05) is 78.5 Å². The highest BCUT2D eigenvalue weighted by molar-refractivity contribution is 8.14. The number of benzene rings is 2. The number of nitrogens with zero attached hydrogens (tertiary/aromatic N) is 2. The number of aliphatic imine (C=N–C) groups is 1. The van der Waals surface area contributed by atoms with Crippen LogP contribution in [0.5, 0.6) is 0 Å². The fourth-order valence-corrected chi connectivity index (χ4v) is 5.85. The van der Waals surface area contributed by atoms with Crippen LogP contribution in [0, 0.1) is 0 Å². The number of alkyl halides is 3. The van der Waals surface area contributed by atoms with Crippen LogP contribution in [0.3, 0.4) is 0 Å². The molecule has 1 unspecified atom stereocenters. The molecule has 234 valence electrons. The summed E-state index contributed by atoms with van der Waals surface area (Å²) in [4.78, 5) is 19.1. The second-order valence-electron chi connectivity index (χ2n) is 11.5. The number of ether oxygens (including phenoxy) is 4. The van der Waals surface area contributed by atoms with Crippen molar-refractivity contribution >= 4 is 23.0 Å². The third-order valence-corrected chi connectivity index (χ3v) is 8.01. The molecule has 4 rings (SSSR count). The lowest BCUT2D eigenvalue weighted by atomic mass is 9.86. The summed E-state index contributed by atoms with van der Waals surface area (Å²) < 4.78 is 66.9. The van der Waals surface area contributed by atoms with Crippen molar-refractivity contribution in [3.8, 4) is 0 Å². The number of carbonyl (C=O) groups excluding carboxylic acids is 1. The molecule has 1 N–H and O–H groups in total. The second-order valence-corrected chi connectivity index (χ2v) is 12.6. The van der Waals surface area contributed by atoms with Crippen molar-refractivity contribution in [1.82, 2.24) is 4.90 Å². The molecule has 2 aromatic carbocycles. The van der Waals surface area contributed by atoms with E-state index in [1.807, 2.05) is 36.4 Å². The fraction of sp³-hybridized carbons (Fsp3) is 0.484. The largest absolute Gasteiger partial charge is 0.443 e. The van der Waals surface area contributed by atoms with Crippen LogP contribution in [0.4, 0.5) is 18.0 Å². The number of amides is 1. The van der Waals surface area contributed by atoms with Crippen LogP contribution in [0.15, 0.2) is 78.3 Å². The van der Waals surface area contributed by atoms with Gasteiger partial charge in [0, 0.05) is 6.54 Å². The maximum Gasteiger partial charge on any atom is 0.419 e. The highest BCUT2D eigenvalue weighted by Gasteiger charge is 2.64. The van der Waals surface area contributed by atoms with Gasteiger partial charge in [0.2, 0.25) is 0 Å². The van der Waals surface area contributed by atoms with Crippen molar-refractivity contribution in [2.24, 2.45) is 4.99 Å². The maximum absolute atomic E-state index is 14.3. The van der Waals surface area contributed by atoms with E-state index in [2.05, 4.69) is 6.58 Å². The minimum atomic E-state index is -5.05. The number of halogens is 3. The van der Waals surface area contributed by atoms with Gasteiger partial charge in [-0.25, -0.2) is 4.79 Å². The first-order chi connectivity index (χ1) is 20.2. The smallest absolute Gasteiger partial charge is 0.419 e. The summed E-state index contributed by atoms with van der Waals surface area (Å²) in [5.74, 6) is 0. The van der Waals surface area contributed by atoms with E-state index >= 15 is 0 Å². The third-order valence-electron chi connectivity index (χ3n) is 6.85. The van der Waals surface area contributed by atoms with Crippen LogP contribution in [0.1, 0.15) is 38.8 Å². The highest BCUT2D eigenvalue weighted by atomic mass is 32.2. The molecule has 2 aliphatic heterocycles. The summed E-state index contributed by atoms with van der Waals surface area (Å²) in [6, 6.07) is 17.2. The van der Waals surface area contributed by atoms with Gasteiger partial charge in [-0.3, -0.25) is 9.89 Å². The molecule has 2 aromatic rings. The number of thioether (sulfide) groups is 1. The Balaban J connectivity index is 1.73. The Bertz CT molecular complexity index is 1270. The van der Waals surface area contributed by atoms with Gasteiger partial charge in [0.25, 0.3) is 0 Å². The van der Waals surface area contributed by atoms with Crippen molar-refractivity contribution in [1.29, 1.82) is 0 Å². The van der Waals surface area contributed by atoms with Gasteiger partial charge < -0.3 is 24.1 Å². The highest BCUT2D eigenvalue weighted by Crippen LogP contribution is 2.46. The van der Waals surface area contributed by atoms with E-state index in [9.17, 15) is 23.1 Å². The summed E-state index contributed by atoms with van der Waals surface area (Å²) in [6.45, 7) is 9.54. The molecule has 0 radical (unpaired) electrons. The van der Waals surface area contributed by atoms with Crippen molar-refractivity contribution in [2.45, 2.75) is 88.1 Å². The lowest BCUT2D eigenvalue weighted by Crippen LogP contribution is -2.67. The molecule has 0 aliphatic carbocycles. The predicted molar refractivity (Wildman–Crippen MR) is 157 cm³/mol. The van der Waals surface area contributed by atoms with E-state index in [0.29, 0.717) is 12.5 Å². The van der Waals surface area contributed by atoms with Crippen molar-refractivity contribution in [2.75, 3.05) is 6.54 Å². The van der Waals surface area contributed by atoms with E-state index in [0.717, 1.165) is 17.3 Å². The Morgan fingerprint density at radius 2 is 1.53 bits per heavy atom. The van der Waals surface area contributed by atoms with Crippen LogP contribution in [0.25, 0.3) is 0 Å². The predicted octanol–water partition coefficient (Wildman–Crippen LogP) is 6.09. The molecule has 1 saturated heterocycles. The minimum absolute atomic E-state index is 0.0351. The number of hydrogen-bond donors (Lipinski definition) is 1. The Hall–Kier alpha value is -2.90. The van der Waals surface area contributed by atoms with Gasteiger partial charge in [0.15, 0.2) is 10.8 Å². The summed E-state index contributed by atoms with van der Waals surface area (Å²) in [7, 11) is 0. The molecule has 43 heavy (non-hydrogen) atoms. The molecule has 0 spiro atoms. The number of amidine groups is 1. The summed E-state index contributed by atoms with van der Waals surface area (Å²) >= 11 is 0.960. The van der Waals surface area contributed by atoms with Gasteiger partial charge >= 0.3 is 12.3 Å². The van der Waals surface area contributed by atoms with Gasteiger partial charge in [-0.15, -0.1) is 6.58 Å². The molecule has 0 bridgehead atoms. The Kier molecular flexibility index (Phi) is 10.3. The van der Waals surface area contributed by atoms with Crippen molar-refractivity contribution < 1.29 is 42.0 Å². The molecule has 1 amide bonds. The molecule has 0 saturated carbocycles. The molecule has 1 fully saturated rings. The molecule has 2 heterocycles. The van der Waals surface area contributed by atoms with Gasteiger partial charge in [-0.2, -0.15) is 13.2 Å². The number of aliphatic hydroxyl groups is 1. The van der Waals surface area contributed by atoms with Crippen LogP contribution in [-0.2, 0) is 32.2 Å². The first kappa shape index (κ1) is 33.0. The Morgan fingerprint density at radius 3 is 2.02 bits per heavy atom. The molecule has 8 nitrogen and oxygen atoms in total. The van der Waals surface area contributed by atoms with Gasteiger partial charge in [0.1, 0.15) is 35.4 Å². The van der Waals surface area contributed by atoms with E-state index in [4.69, 9.17) is 23.9 Å². The van der Waals surface area contributed by atoms with Crippen LogP contribution < -0.4 is 0 Å². The monoisotopic (exact) mass is 622 g/mol. The van der Waals surface area contributed by atoms with Crippen LogP contribution in [-0.4, -0.2) is 75.0 Å². The molecule has 2 aliphatic rings. The SMILES string of the molecule is C=CCN(C(=O)OC(C)(C)C)C1=N[C@@H]2[C@@H](OCc3ccccc3)[C@H](OCc3ccccc3)[C@@H](C(C)(O)C(F)(F)F)O[C@@H]2S1. The van der Waals surface area contributed by atoms with E-state index < -0.39 is 53.3 Å². The topological polar surface area (TPSA) is 89.8 Å². The lowest BCUT2D eigenvalue weighted by Gasteiger charge is -2.47. The second kappa shape index (κ2) is 13.4. The molecule has 12 heteroatoms. The molecular weight excluding hydrogens is 585 g/mol. The van der Waals surface area contributed by atoms with E-state index in [-0.39, 0.29) is 24.9 Å².